The van der Waals surface area contributed by atoms with Gasteiger partial charge in [-0.1, -0.05) is 12.8 Å². The van der Waals surface area contributed by atoms with Crippen LogP contribution in [0.2, 0.25) is 0 Å². The third-order valence-corrected chi connectivity index (χ3v) is 1.07. The van der Waals surface area contributed by atoms with Crippen LogP contribution >= 0.6 is 0 Å². The van der Waals surface area contributed by atoms with Crippen LogP contribution in [-0.2, 0) is 19.5 Å². The van der Waals surface area contributed by atoms with Crippen LogP contribution in [-0.4, -0.2) is 0 Å². The van der Waals surface area contributed by atoms with Gasteiger partial charge in [-0.25, -0.2) is 0 Å². The van der Waals surface area contributed by atoms with Crippen molar-refractivity contribution in [1.82, 2.24) is 0 Å². The molecule has 1 aliphatic carbocycles. The van der Waals surface area contributed by atoms with Crippen molar-refractivity contribution in [2.45, 2.75) is 25.7 Å². The zero-order valence-corrected chi connectivity index (χ0v) is 9.08. The van der Waals surface area contributed by atoms with Crippen LogP contribution in [0.5, 0.6) is 0 Å². The van der Waals surface area contributed by atoms with E-state index in [1.165, 1.54) is 25.7 Å². The van der Waals surface area contributed by atoms with Crippen molar-refractivity contribution in [2.75, 3.05) is 0 Å². The molecule has 0 aromatic heterocycles. The molecule has 1 saturated carbocycles. The Balaban J connectivity index is -0.0000000833. The third-order valence-electron chi connectivity index (χ3n) is 1.07. The van der Waals surface area contributed by atoms with Crippen LogP contribution in [0.3, 0.4) is 0 Å². The summed E-state index contributed by atoms with van der Waals surface area (Å²) in [4.78, 5) is 0. The first-order valence-corrected chi connectivity index (χ1v) is 2.32. The maximum absolute atomic E-state index is 2.36. The van der Waals surface area contributed by atoms with E-state index in [0.29, 0.717) is 0 Å². The van der Waals surface area contributed by atoms with E-state index in [4.69, 9.17) is 0 Å². The SMILES string of the molecule is [CH-]1CCCC1.[CH3-].[CH3-].[Zn]. The zero-order chi connectivity index (χ0) is 3.54. The maximum atomic E-state index is 2.36. The minimum absolute atomic E-state index is 0. The van der Waals surface area contributed by atoms with Gasteiger partial charge in [0, 0.05) is 19.5 Å². The van der Waals surface area contributed by atoms with Crippen LogP contribution in [0.1, 0.15) is 25.7 Å². The zero-order valence-electron chi connectivity index (χ0n) is 6.11. The Kier molecular flexibility index (Phi) is 21.0. The Labute approximate surface area is 66.8 Å². The molecule has 0 N–H and O–H groups in total. The van der Waals surface area contributed by atoms with Gasteiger partial charge < -0.3 is 21.3 Å². The fourth-order valence-electron chi connectivity index (χ4n) is 0.722. The summed E-state index contributed by atoms with van der Waals surface area (Å²) in [6.45, 7) is 0. The van der Waals surface area contributed by atoms with Gasteiger partial charge in [0.25, 0.3) is 0 Å². The number of rotatable bonds is 0. The van der Waals surface area contributed by atoms with E-state index in [9.17, 15) is 0 Å². The van der Waals surface area contributed by atoms with Gasteiger partial charge >= 0.3 is 0 Å². The molecular weight excluding hydrogens is 149 g/mol. The second-order valence-corrected chi connectivity index (χ2v) is 1.57. The molecule has 0 atom stereocenters. The minimum atomic E-state index is 0. The predicted octanol–water partition coefficient (Wildman–Crippen LogP) is 2.66. The molecule has 0 amide bonds. The van der Waals surface area contributed by atoms with Crippen molar-refractivity contribution in [3.63, 3.8) is 0 Å². The molecule has 0 unspecified atom stereocenters. The van der Waals surface area contributed by atoms with Gasteiger partial charge in [0.1, 0.15) is 0 Å². The molecule has 0 saturated heterocycles. The molecule has 0 nitrogen and oxygen atoms in total. The fraction of sp³-hybridized carbons (Fsp3) is 0.571. The van der Waals surface area contributed by atoms with Crippen molar-refractivity contribution in [3.05, 3.63) is 21.3 Å². The topological polar surface area (TPSA) is 0 Å². The molecule has 0 bridgehead atoms. The average Bonchev–Trinajstić information content (AvgIpc) is 1.76. The Bertz CT molecular complexity index is 16.0. The summed E-state index contributed by atoms with van der Waals surface area (Å²) < 4.78 is 0. The first-order chi connectivity index (χ1) is 2.50. The van der Waals surface area contributed by atoms with E-state index in [1.807, 2.05) is 0 Å². The monoisotopic (exact) mass is 163 g/mol. The van der Waals surface area contributed by atoms with Gasteiger partial charge in [0.05, 0.1) is 0 Å². The van der Waals surface area contributed by atoms with Crippen LogP contribution in [0.4, 0.5) is 0 Å². The smallest absolute Gasteiger partial charge is 0 e. The van der Waals surface area contributed by atoms with Gasteiger partial charge in [0.15, 0.2) is 0 Å². The molecule has 1 heteroatoms. The molecule has 0 radical (unpaired) electrons. The normalized spacial score (nSPS) is 15.0. The van der Waals surface area contributed by atoms with Crippen molar-refractivity contribution < 1.29 is 19.5 Å². The molecule has 1 aliphatic rings. The molecule has 0 aromatic carbocycles. The second-order valence-electron chi connectivity index (χ2n) is 1.57. The Morgan fingerprint density at radius 2 is 1.25 bits per heavy atom. The Morgan fingerprint density at radius 1 is 0.875 bits per heavy atom. The largest absolute Gasteiger partial charge is 0.358 e. The van der Waals surface area contributed by atoms with Crippen molar-refractivity contribution in [3.8, 4) is 0 Å². The standard InChI is InChI=1S/C5H9.2CH3.Zn/c1-2-4-5-3-1;;;/h1H,2-5H2;2*1H3;/q3*-1;. The molecule has 0 spiro atoms. The van der Waals surface area contributed by atoms with Gasteiger partial charge in [-0.15, -0.1) is 0 Å². The molecular formula is C7H15Zn-3. The molecule has 1 fully saturated rings. The summed E-state index contributed by atoms with van der Waals surface area (Å²) in [7, 11) is 0. The summed E-state index contributed by atoms with van der Waals surface area (Å²) in [5, 5.41) is 0. The predicted molar refractivity (Wildman–Crippen MR) is 35.6 cm³/mol. The molecule has 0 aliphatic heterocycles. The van der Waals surface area contributed by atoms with Crippen LogP contribution in [0.25, 0.3) is 0 Å². The Morgan fingerprint density at radius 3 is 1.38 bits per heavy atom. The van der Waals surface area contributed by atoms with Gasteiger partial charge in [-0.3, -0.25) is 0 Å². The molecule has 1 rings (SSSR count). The van der Waals surface area contributed by atoms with Crippen LogP contribution in [0.15, 0.2) is 0 Å². The summed E-state index contributed by atoms with van der Waals surface area (Å²) in [6.07, 6.45) is 8.00. The third kappa shape index (κ3) is 6.62. The van der Waals surface area contributed by atoms with Crippen LogP contribution in [0, 0.1) is 21.3 Å². The summed E-state index contributed by atoms with van der Waals surface area (Å²) in [5.41, 5.74) is 0. The maximum Gasteiger partial charge on any atom is 0 e. The number of hydrogen-bond acceptors (Lipinski definition) is 0. The molecule has 48 valence electrons. The Hall–Kier alpha value is 0.623. The fourth-order valence-corrected chi connectivity index (χ4v) is 0.722. The van der Waals surface area contributed by atoms with Gasteiger partial charge in [-0.2, -0.15) is 12.8 Å². The van der Waals surface area contributed by atoms with E-state index in [2.05, 4.69) is 6.42 Å². The van der Waals surface area contributed by atoms with E-state index in [1.54, 1.807) is 0 Å². The minimum Gasteiger partial charge on any atom is -0.358 e. The van der Waals surface area contributed by atoms with E-state index in [0.717, 1.165) is 0 Å². The van der Waals surface area contributed by atoms with E-state index in [-0.39, 0.29) is 34.3 Å². The molecule has 8 heavy (non-hydrogen) atoms. The average molecular weight is 165 g/mol. The van der Waals surface area contributed by atoms with Crippen LogP contribution < -0.4 is 0 Å². The van der Waals surface area contributed by atoms with Gasteiger partial charge in [0.2, 0.25) is 0 Å². The summed E-state index contributed by atoms with van der Waals surface area (Å²) in [5.74, 6) is 0. The van der Waals surface area contributed by atoms with Crippen molar-refractivity contribution in [1.29, 1.82) is 0 Å². The summed E-state index contributed by atoms with van der Waals surface area (Å²) in [6, 6.07) is 0. The van der Waals surface area contributed by atoms with Crippen molar-refractivity contribution >= 4 is 0 Å². The van der Waals surface area contributed by atoms with E-state index < -0.39 is 0 Å². The number of hydrogen-bond donors (Lipinski definition) is 0. The first kappa shape index (κ1) is 15.8. The molecule has 0 heterocycles. The first-order valence-electron chi connectivity index (χ1n) is 2.32. The van der Waals surface area contributed by atoms with E-state index >= 15 is 0 Å². The quantitative estimate of drug-likeness (QED) is 0.382. The molecule has 0 aromatic rings. The second kappa shape index (κ2) is 10.6. The summed E-state index contributed by atoms with van der Waals surface area (Å²) >= 11 is 0. The van der Waals surface area contributed by atoms with Crippen molar-refractivity contribution in [2.24, 2.45) is 0 Å². The van der Waals surface area contributed by atoms with Gasteiger partial charge in [-0.05, 0) is 0 Å².